The summed E-state index contributed by atoms with van der Waals surface area (Å²) in [4.78, 5) is 0.683. The van der Waals surface area contributed by atoms with Gasteiger partial charge in [-0.15, -0.1) is 11.3 Å². The predicted octanol–water partition coefficient (Wildman–Crippen LogP) is 3.87. The monoisotopic (exact) mass is 308 g/mol. The molecule has 3 N–H and O–H groups in total. The zero-order valence-corrected chi connectivity index (χ0v) is 11.6. The molecule has 1 atom stereocenters. The molecule has 0 saturated heterocycles. The summed E-state index contributed by atoms with van der Waals surface area (Å²) >= 11 is 1.35. The summed E-state index contributed by atoms with van der Waals surface area (Å²) in [6.45, 7) is 0. The molecule has 0 radical (unpaired) electrons. The molecule has 0 aliphatic carbocycles. The molecule has 0 fully saturated rings. The normalized spacial score (nSPS) is 12.8. The van der Waals surface area contributed by atoms with Gasteiger partial charge in [0.2, 0.25) is 0 Å². The minimum atomic E-state index is -0.693. The number of thiophene rings is 1. The van der Waals surface area contributed by atoms with Crippen molar-refractivity contribution in [2.45, 2.75) is 6.04 Å². The molecular weight excluding hydrogens is 297 g/mol. The van der Waals surface area contributed by atoms with E-state index in [4.69, 9.17) is 5.84 Å². The minimum Gasteiger partial charge on any atom is -0.271 e. The van der Waals surface area contributed by atoms with E-state index in [1.54, 1.807) is 12.1 Å². The Kier molecular flexibility index (Phi) is 3.67. The van der Waals surface area contributed by atoms with Crippen molar-refractivity contribution in [2.75, 3.05) is 0 Å². The lowest BCUT2D eigenvalue weighted by Gasteiger charge is -2.15. The van der Waals surface area contributed by atoms with Crippen LogP contribution in [0.3, 0.4) is 0 Å². The molecule has 3 rings (SSSR count). The Morgan fingerprint density at radius 3 is 2.43 bits per heavy atom. The van der Waals surface area contributed by atoms with Crippen LogP contribution in [0, 0.1) is 17.5 Å². The number of hydrogen-bond donors (Lipinski definition) is 2. The predicted molar refractivity (Wildman–Crippen MR) is 77.3 cm³/mol. The Morgan fingerprint density at radius 2 is 1.67 bits per heavy atom. The number of hydrogen-bond acceptors (Lipinski definition) is 3. The first kappa shape index (κ1) is 14.1. The Bertz CT molecular complexity index is 801. The molecule has 108 valence electrons. The van der Waals surface area contributed by atoms with Crippen LogP contribution in [0.25, 0.3) is 10.1 Å². The van der Waals surface area contributed by atoms with Crippen LogP contribution < -0.4 is 11.3 Å². The van der Waals surface area contributed by atoms with E-state index in [0.29, 0.717) is 10.3 Å². The molecule has 0 aliphatic rings. The van der Waals surface area contributed by atoms with Crippen LogP contribution in [-0.2, 0) is 0 Å². The molecule has 0 spiro atoms. The van der Waals surface area contributed by atoms with Crippen LogP contribution in [0.15, 0.2) is 42.5 Å². The van der Waals surface area contributed by atoms with Crippen LogP contribution >= 0.6 is 11.3 Å². The molecule has 3 aromatic rings. The Hall–Kier alpha value is -1.89. The van der Waals surface area contributed by atoms with Crippen LogP contribution in [0.4, 0.5) is 13.2 Å². The van der Waals surface area contributed by atoms with Gasteiger partial charge in [-0.1, -0.05) is 0 Å². The van der Waals surface area contributed by atoms with Gasteiger partial charge in [0.1, 0.15) is 17.5 Å². The second kappa shape index (κ2) is 5.48. The van der Waals surface area contributed by atoms with Gasteiger partial charge >= 0.3 is 0 Å². The van der Waals surface area contributed by atoms with Gasteiger partial charge in [-0.25, -0.2) is 18.6 Å². The summed E-state index contributed by atoms with van der Waals surface area (Å²) in [5, 5.41) is 0.701. The number of fused-ring (bicyclic) bond motifs is 1. The zero-order chi connectivity index (χ0) is 15.0. The molecule has 2 aromatic carbocycles. The summed E-state index contributed by atoms with van der Waals surface area (Å²) < 4.78 is 41.3. The van der Waals surface area contributed by atoms with E-state index in [1.165, 1.54) is 23.5 Å². The standard InChI is InChI=1S/C15H11F3N2S/c16-9-2-4-13-8(5-9)6-14(21-13)15(20-19)11-7-10(17)1-3-12(11)18/h1-7,15,20H,19H2. The molecule has 1 aromatic heterocycles. The van der Waals surface area contributed by atoms with Gasteiger partial charge in [-0.2, -0.15) is 0 Å². The molecule has 6 heteroatoms. The van der Waals surface area contributed by atoms with Gasteiger partial charge in [0, 0.05) is 15.1 Å². The fourth-order valence-electron chi connectivity index (χ4n) is 2.24. The van der Waals surface area contributed by atoms with Gasteiger partial charge < -0.3 is 0 Å². The van der Waals surface area contributed by atoms with Gasteiger partial charge in [0.05, 0.1) is 6.04 Å². The SMILES string of the molecule is NNC(c1cc2cc(F)ccc2s1)c1cc(F)ccc1F. The van der Waals surface area contributed by atoms with Crippen molar-refractivity contribution >= 4 is 21.4 Å². The highest BCUT2D eigenvalue weighted by Gasteiger charge is 2.19. The molecule has 1 unspecified atom stereocenters. The van der Waals surface area contributed by atoms with Gasteiger partial charge in [-0.05, 0) is 47.9 Å². The summed E-state index contributed by atoms with van der Waals surface area (Å²) in [5.74, 6) is 4.06. The quantitative estimate of drug-likeness (QED) is 0.569. The van der Waals surface area contributed by atoms with Crippen LogP contribution in [-0.4, -0.2) is 0 Å². The number of nitrogens with one attached hydrogen (secondary N) is 1. The Balaban J connectivity index is 2.11. The maximum atomic E-state index is 13.9. The third-order valence-corrected chi connectivity index (χ3v) is 4.40. The second-order valence-corrected chi connectivity index (χ2v) is 5.71. The summed E-state index contributed by atoms with van der Waals surface area (Å²) in [6.07, 6.45) is 0. The second-order valence-electron chi connectivity index (χ2n) is 4.60. The number of rotatable bonds is 3. The van der Waals surface area contributed by atoms with Crippen molar-refractivity contribution in [2.24, 2.45) is 5.84 Å². The molecule has 2 nitrogen and oxygen atoms in total. The fourth-order valence-corrected chi connectivity index (χ4v) is 3.36. The topological polar surface area (TPSA) is 38.0 Å². The highest BCUT2D eigenvalue weighted by atomic mass is 32.1. The minimum absolute atomic E-state index is 0.115. The number of halogens is 3. The van der Waals surface area contributed by atoms with E-state index >= 15 is 0 Å². The molecular formula is C15H11F3N2S. The molecule has 0 bridgehead atoms. The maximum Gasteiger partial charge on any atom is 0.128 e. The summed E-state index contributed by atoms with van der Waals surface area (Å²) in [5.41, 5.74) is 2.60. The molecule has 0 aliphatic heterocycles. The summed E-state index contributed by atoms with van der Waals surface area (Å²) in [6, 6.07) is 8.63. The van der Waals surface area contributed by atoms with Crippen molar-refractivity contribution < 1.29 is 13.2 Å². The van der Waals surface area contributed by atoms with Gasteiger partial charge in [0.25, 0.3) is 0 Å². The lowest BCUT2D eigenvalue weighted by Crippen LogP contribution is -2.29. The number of hydrazine groups is 1. The summed E-state index contributed by atoms with van der Waals surface area (Å²) in [7, 11) is 0. The van der Waals surface area contributed by atoms with Crippen molar-refractivity contribution in [3.8, 4) is 0 Å². The first-order valence-electron chi connectivity index (χ1n) is 6.18. The van der Waals surface area contributed by atoms with Crippen molar-refractivity contribution in [3.63, 3.8) is 0 Å². The van der Waals surface area contributed by atoms with E-state index in [2.05, 4.69) is 5.43 Å². The molecule has 0 saturated carbocycles. The van der Waals surface area contributed by atoms with E-state index < -0.39 is 17.7 Å². The third-order valence-electron chi connectivity index (χ3n) is 3.22. The van der Waals surface area contributed by atoms with E-state index in [9.17, 15) is 13.2 Å². The first-order valence-corrected chi connectivity index (χ1v) is 7.00. The fraction of sp³-hybridized carbons (Fsp3) is 0.0667. The highest BCUT2D eigenvalue weighted by molar-refractivity contribution is 7.19. The van der Waals surface area contributed by atoms with E-state index in [1.807, 2.05) is 0 Å². The largest absolute Gasteiger partial charge is 0.271 e. The van der Waals surface area contributed by atoms with Crippen LogP contribution in [0.1, 0.15) is 16.5 Å². The maximum absolute atomic E-state index is 13.9. The number of nitrogens with two attached hydrogens (primary N) is 1. The van der Waals surface area contributed by atoms with E-state index in [0.717, 1.165) is 22.9 Å². The average Bonchev–Trinajstić information content (AvgIpc) is 2.86. The van der Waals surface area contributed by atoms with Gasteiger partial charge in [-0.3, -0.25) is 5.84 Å². The van der Waals surface area contributed by atoms with Crippen molar-refractivity contribution in [3.05, 3.63) is 70.4 Å². The van der Waals surface area contributed by atoms with Crippen molar-refractivity contribution in [1.29, 1.82) is 0 Å². The smallest absolute Gasteiger partial charge is 0.128 e. The van der Waals surface area contributed by atoms with E-state index in [-0.39, 0.29) is 11.4 Å². The Morgan fingerprint density at radius 1 is 0.952 bits per heavy atom. The lowest BCUT2D eigenvalue weighted by molar-refractivity contribution is 0.549. The van der Waals surface area contributed by atoms with Crippen LogP contribution in [0.5, 0.6) is 0 Å². The Labute approximate surface area is 123 Å². The average molecular weight is 308 g/mol. The van der Waals surface area contributed by atoms with Gasteiger partial charge in [0.15, 0.2) is 0 Å². The lowest BCUT2D eigenvalue weighted by atomic mass is 10.0. The highest BCUT2D eigenvalue weighted by Crippen LogP contribution is 2.34. The third kappa shape index (κ3) is 2.65. The van der Waals surface area contributed by atoms with Crippen molar-refractivity contribution in [1.82, 2.24) is 5.43 Å². The molecule has 0 amide bonds. The first-order chi connectivity index (χ1) is 10.1. The van der Waals surface area contributed by atoms with Crippen LogP contribution in [0.2, 0.25) is 0 Å². The number of benzene rings is 2. The zero-order valence-electron chi connectivity index (χ0n) is 10.7. The molecule has 21 heavy (non-hydrogen) atoms. The molecule has 1 heterocycles.